The molecule has 23 heavy (non-hydrogen) atoms. The molecule has 0 bridgehead atoms. The number of rotatable bonds is 14. The predicted molar refractivity (Wildman–Crippen MR) is 96.3 cm³/mol. The third kappa shape index (κ3) is 18.7. The molecule has 0 aromatic rings. The molecule has 3 nitrogen and oxygen atoms in total. The molecule has 132 valence electrons. The number of aliphatic hydroxyl groups is 1. The minimum atomic E-state index is -0.687. The maximum atomic E-state index is 10.3. The highest BCUT2D eigenvalue weighted by Gasteiger charge is 1.97. The van der Waals surface area contributed by atoms with E-state index in [-0.39, 0.29) is 0 Å². The van der Waals surface area contributed by atoms with Crippen LogP contribution in [0.3, 0.4) is 0 Å². The van der Waals surface area contributed by atoms with Gasteiger partial charge in [-0.1, -0.05) is 69.8 Å². The van der Waals surface area contributed by atoms with Crippen molar-refractivity contribution in [2.24, 2.45) is 0 Å². The Morgan fingerprint density at radius 2 is 1.65 bits per heavy atom. The minimum absolute atomic E-state index is 0.305. The Hall–Kier alpha value is -1.27. The normalized spacial score (nSPS) is 12.1. The molecule has 0 rings (SSSR count). The molecule has 0 amide bonds. The van der Waals surface area contributed by atoms with Crippen LogP contribution in [0, 0.1) is 11.8 Å². The minimum Gasteiger partial charge on any atom is -0.481 e. The topological polar surface area (TPSA) is 57.5 Å². The Balaban J connectivity index is 3.36. The van der Waals surface area contributed by atoms with Crippen molar-refractivity contribution >= 4 is 5.97 Å². The van der Waals surface area contributed by atoms with Gasteiger partial charge in [0.2, 0.25) is 0 Å². The van der Waals surface area contributed by atoms with Gasteiger partial charge in [-0.25, -0.2) is 0 Å². The molecule has 0 saturated carbocycles. The van der Waals surface area contributed by atoms with E-state index in [9.17, 15) is 9.90 Å². The highest BCUT2D eigenvalue weighted by atomic mass is 16.4. The number of carbonyl (C=O) groups is 1. The predicted octanol–water partition coefficient (Wildman–Crippen LogP) is 5.08. The zero-order valence-corrected chi connectivity index (χ0v) is 14.7. The Morgan fingerprint density at radius 3 is 2.30 bits per heavy atom. The fourth-order valence-electron chi connectivity index (χ4n) is 2.37. The van der Waals surface area contributed by atoms with Gasteiger partial charge in [-0.15, -0.1) is 0 Å². The lowest BCUT2D eigenvalue weighted by Crippen LogP contribution is -2.01. The smallest absolute Gasteiger partial charge is 0.303 e. The van der Waals surface area contributed by atoms with Crippen LogP contribution in [0.25, 0.3) is 0 Å². The Kier molecular flexibility index (Phi) is 16.1. The molecule has 0 aliphatic heterocycles. The van der Waals surface area contributed by atoms with E-state index in [1.54, 1.807) is 0 Å². The average molecular weight is 322 g/mol. The lowest BCUT2D eigenvalue weighted by molar-refractivity contribution is -0.137. The highest BCUT2D eigenvalue weighted by Crippen LogP contribution is 2.10. The van der Waals surface area contributed by atoms with Crippen molar-refractivity contribution in [3.8, 4) is 11.8 Å². The van der Waals surface area contributed by atoms with Crippen molar-refractivity contribution < 1.29 is 15.0 Å². The number of hydrogen-bond acceptors (Lipinski definition) is 2. The summed E-state index contributed by atoms with van der Waals surface area (Å²) in [6.45, 7) is 2.15. The Bertz CT molecular complexity index is 363. The number of aliphatic hydroxyl groups excluding tert-OH is 1. The molecular formula is C20H34O3. The van der Waals surface area contributed by atoms with Crippen molar-refractivity contribution in [2.75, 3.05) is 0 Å². The molecule has 0 aliphatic rings. The van der Waals surface area contributed by atoms with Crippen molar-refractivity contribution in [3.63, 3.8) is 0 Å². The van der Waals surface area contributed by atoms with Gasteiger partial charge < -0.3 is 10.2 Å². The molecule has 0 aliphatic carbocycles. The molecular weight excluding hydrogens is 288 g/mol. The number of aliphatic carboxylic acids is 1. The van der Waals surface area contributed by atoms with E-state index in [4.69, 9.17) is 5.11 Å². The molecule has 0 unspecified atom stereocenters. The third-order valence-corrected chi connectivity index (χ3v) is 3.79. The summed E-state index contributed by atoms with van der Waals surface area (Å²) in [5, 5.41) is 18.2. The zero-order chi connectivity index (χ0) is 17.2. The lowest BCUT2D eigenvalue weighted by Gasteiger charge is -2.00. The summed E-state index contributed by atoms with van der Waals surface area (Å²) in [6, 6.07) is 0. The van der Waals surface area contributed by atoms with E-state index in [1.165, 1.54) is 32.1 Å². The molecule has 0 spiro atoms. The van der Waals surface area contributed by atoms with Crippen LogP contribution in [0.5, 0.6) is 0 Å². The SMILES string of the molecule is CCCCC[C@@H](O)C#C/C=C/CCCCCCCCCC(=O)O. The molecule has 2 N–H and O–H groups in total. The van der Waals surface area contributed by atoms with Crippen LogP contribution in [0.15, 0.2) is 12.2 Å². The van der Waals surface area contributed by atoms with E-state index in [0.717, 1.165) is 44.9 Å². The number of carboxylic acid groups (broad SMARTS) is 1. The van der Waals surface area contributed by atoms with Crippen molar-refractivity contribution in [3.05, 3.63) is 12.2 Å². The zero-order valence-electron chi connectivity index (χ0n) is 14.7. The fourth-order valence-corrected chi connectivity index (χ4v) is 2.37. The van der Waals surface area contributed by atoms with Gasteiger partial charge in [0.25, 0.3) is 0 Å². The summed E-state index contributed by atoms with van der Waals surface area (Å²) in [5.74, 6) is 5.09. The molecule has 0 radical (unpaired) electrons. The fraction of sp³-hybridized carbons (Fsp3) is 0.750. The summed E-state index contributed by atoms with van der Waals surface area (Å²) < 4.78 is 0. The van der Waals surface area contributed by atoms with Gasteiger partial charge in [-0.3, -0.25) is 4.79 Å². The van der Waals surface area contributed by atoms with Crippen LogP contribution in [-0.2, 0) is 4.79 Å². The molecule has 3 heteroatoms. The number of unbranched alkanes of at least 4 members (excludes halogenated alkanes) is 9. The maximum absolute atomic E-state index is 10.3. The van der Waals surface area contributed by atoms with E-state index >= 15 is 0 Å². The Morgan fingerprint density at radius 1 is 1.00 bits per heavy atom. The first kappa shape index (κ1) is 21.7. The van der Waals surface area contributed by atoms with Crippen LogP contribution >= 0.6 is 0 Å². The summed E-state index contributed by atoms with van der Waals surface area (Å²) in [5.41, 5.74) is 0. The second-order valence-corrected chi connectivity index (χ2v) is 6.11. The summed E-state index contributed by atoms with van der Waals surface area (Å²) >= 11 is 0. The first-order chi connectivity index (χ1) is 11.2. The van der Waals surface area contributed by atoms with Crippen LogP contribution in [0.4, 0.5) is 0 Å². The first-order valence-electron chi connectivity index (χ1n) is 9.22. The van der Waals surface area contributed by atoms with Gasteiger partial charge in [-0.05, 0) is 38.2 Å². The molecule has 0 aromatic heterocycles. The number of allylic oxidation sites excluding steroid dienone is 2. The number of hydrogen-bond donors (Lipinski definition) is 2. The lowest BCUT2D eigenvalue weighted by atomic mass is 10.1. The van der Waals surface area contributed by atoms with Gasteiger partial charge in [-0.2, -0.15) is 0 Å². The quantitative estimate of drug-likeness (QED) is 0.346. The van der Waals surface area contributed by atoms with Gasteiger partial charge in [0.15, 0.2) is 0 Å². The molecule has 0 heterocycles. The van der Waals surface area contributed by atoms with Crippen molar-refractivity contribution in [1.29, 1.82) is 0 Å². The van der Waals surface area contributed by atoms with Gasteiger partial charge >= 0.3 is 5.97 Å². The van der Waals surface area contributed by atoms with Crippen LogP contribution < -0.4 is 0 Å². The van der Waals surface area contributed by atoms with Crippen LogP contribution in [0.2, 0.25) is 0 Å². The van der Waals surface area contributed by atoms with E-state index in [2.05, 4.69) is 24.8 Å². The first-order valence-corrected chi connectivity index (χ1v) is 9.22. The maximum Gasteiger partial charge on any atom is 0.303 e. The van der Waals surface area contributed by atoms with Gasteiger partial charge in [0.05, 0.1) is 0 Å². The van der Waals surface area contributed by atoms with Gasteiger partial charge in [0.1, 0.15) is 6.10 Å². The number of carboxylic acids is 1. The van der Waals surface area contributed by atoms with E-state index in [0.29, 0.717) is 6.42 Å². The molecule has 0 aromatic carbocycles. The monoisotopic (exact) mass is 322 g/mol. The molecule has 1 atom stereocenters. The third-order valence-electron chi connectivity index (χ3n) is 3.79. The van der Waals surface area contributed by atoms with Gasteiger partial charge in [0, 0.05) is 6.42 Å². The van der Waals surface area contributed by atoms with E-state index in [1.807, 2.05) is 6.08 Å². The van der Waals surface area contributed by atoms with Crippen molar-refractivity contribution in [1.82, 2.24) is 0 Å². The largest absolute Gasteiger partial charge is 0.481 e. The van der Waals surface area contributed by atoms with Crippen LogP contribution in [0.1, 0.15) is 90.4 Å². The second-order valence-electron chi connectivity index (χ2n) is 6.11. The standard InChI is InChI=1S/C20H34O3/c1-2-3-13-16-19(21)17-14-11-9-7-5-4-6-8-10-12-15-18-20(22)23/h9,11,19,21H,2-8,10,12-13,15-16,18H2,1H3,(H,22,23)/b11-9+/t19-/m1/s1. The Labute approximate surface area is 142 Å². The second kappa shape index (κ2) is 17.1. The van der Waals surface area contributed by atoms with Crippen molar-refractivity contribution in [2.45, 2.75) is 96.5 Å². The highest BCUT2D eigenvalue weighted by molar-refractivity contribution is 5.66. The summed E-state index contributed by atoms with van der Waals surface area (Å²) in [6.07, 6.45) is 16.8. The average Bonchev–Trinajstić information content (AvgIpc) is 2.51. The van der Waals surface area contributed by atoms with E-state index < -0.39 is 12.1 Å². The summed E-state index contributed by atoms with van der Waals surface area (Å²) in [7, 11) is 0. The molecule has 0 fully saturated rings. The summed E-state index contributed by atoms with van der Waals surface area (Å²) in [4.78, 5) is 10.3. The molecule has 0 saturated heterocycles. The van der Waals surface area contributed by atoms with Crippen LogP contribution in [-0.4, -0.2) is 22.3 Å².